The van der Waals surface area contributed by atoms with Crippen molar-refractivity contribution >= 4 is 27.8 Å². The first-order valence-electron chi connectivity index (χ1n) is 9.47. The van der Waals surface area contributed by atoms with Gasteiger partial charge in [-0.1, -0.05) is 24.3 Å². The molecule has 4 aromatic rings. The number of carbonyl (C=O) groups is 1. The van der Waals surface area contributed by atoms with Gasteiger partial charge < -0.3 is 20.2 Å². The van der Waals surface area contributed by atoms with E-state index in [2.05, 4.69) is 11.1 Å². The van der Waals surface area contributed by atoms with Crippen LogP contribution in [0.3, 0.4) is 0 Å². The Morgan fingerprint density at radius 1 is 1.17 bits per heavy atom. The fourth-order valence-electron chi connectivity index (χ4n) is 3.83. The number of aromatic amines is 1. The van der Waals surface area contributed by atoms with Crippen LogP contribution >= 0.6 is 0 Å². The molecule has 2 aromatic heterocycles. The Labute approximate surface area is 167 Å². The standard InChI is InChI=1S/C22H23N3O4/c23-22(9-10-26,8-7-14-13-24-18-4-2-1-3-17(14)18)16-5-6-19-15(11-16)12-20(29-19)21(27)25-28/h1-6,11-13,24,26,28H,7-10,23H2,(H,25,27). The molecule has 0 saturated carbocycles. The van der Waals surface area contributed by atoms with E-state index in [0.29, 0.717) is 23.8 Å². The van der Waals surface area contributed by atoms with Crippen molar-refractivity contribution < 1.29 is 19.5 Å². The molecule has 1 atom stereocenters. The van der Waals surface area contributed by atoms with Crippen LogP contribution in [0, 0.1) is 0 Å². The van der Waals surface area contributed by atoms with Crippen molar-refractivity contribution in [3.63, 3.8) is 0 Å². The van der Waals surface area contributed by atoms with Crippen molar-refractivity contribution in [3.05, 3.63) is 71.6 Å². The highest BCUT2D eigenvalue weighted by molar-refractivity contribution is 5.95. The fourth-order valence-corrected chi connectivity index (χ4v) is 3.83. The van der Waals surface area contributed by atoms with Gasteiger partial charge in [0.2, 0.25) is 0 Å². The van der Waals surface area contributed by atoms with Crippen LogP contribution in [0.2, 0.25) is 0 Å². The number of H-pyrrole nitrogens is 1. The third-order valence-electron chi connectivity index (χ3n) is 5.49. The Kier molecular flexibility index (Phi) is 5.10. The molecular formula is C22H23N3O4. The zero-order valence-corrected chi connectivity index (χ0v) is 15.8. The zero-order valence-electron chi connectivity index (χ0n) is 15.8. The number of aliphatic hydroxyl groups excluding tert-OH is 1. The van der Waals surface area contributed by atoms with E-state index in [1.165, 1.54) is 10.9 Å². The van der Waals surface area contributed by atoms with Gasteiger partial charge in [0.1, 0.15) is 5.58 Å². The number of fused-ring (bicyclic) bond motifs is 2. The number of hydrogen-bond donors (Lipinski definition) is 5. The van der Waals surface area contributed by atoms with Crippen LogP contribution in [0.1, 0.15) is 34.5 Å². The highest BCUT2D eigenvalue weighted by Gasteiger charge is 2.28. The summed E-state index contributed by atoms with van der Waals surface area (Å²) >= 11 is 0. The van der Waals surface area contributed by atoms with E-state index in [-0.39, 0.29) is 12.4 Å². The number of benzene rings is 2. The van der Waals surface area contributed by atoms with E-state index < -0.39 is 11.4 Å². The van der Waals surface area contributed by atoms with Crippen LogP contribution < -0.4 is 11.2 Å². The van der Waals surface area contributed by atoms with Crippen LogP contribution in [0.15, 0.2) is 59.1 Å². The average molecular weight is 393 g/mol. The van der Waals surface area contributed by atoms with Gasteiger partial charge in [0.05, 0.1) is 0 Å². The van der Waals surface area contributed by atoms with Crippen LogP contribution in [-0.4, -0.2) is 27.8 Å². The highest BCUT2D eigenvalue weighted by atomic mass is 16.5. The van der Waals surface area contributed by atoms with Gasteiger partial charge in [-0.15, -0.1) is 0 Å². The number of aryl methyl sites for hydroxylation is 1. The largest absolute Gasteiger partial charge is 0.451 e. The number of nitrogens with two attached hydrogens (primary N) is 1. The van der Waals surface area contributed by atoms with E-state index in [1.807, 2.05) is 36.5 Å². The number of rotatable bonds is 7. The lowest BCUT2D eigenvalue weighted by Crippen LogP contribution is -2.38. The minimum absolute atomic E-state index is 0.0169. The average Bonchev–Trinajstić information content (AvgIpc) is 3.35. The normalized spacial score (nSPS) is 13.6. The Hall–Kier alpha value is -3.13. The highest BCUT2D eigenvalue weighted by Crippen LogP contribution is 2.32. The van der Waals surface area contributed by atoms with Gasteiger partial charge in [-0.2, -0.15) is 0 Å². The fraction of sp³-hybridized carbons (Fsp3) is 0.227. The third kappa shape index (κ3) is 3.63. The number of carbonyl (C=O) groups excluding carboxylic acids is 1. The van der Waals surface area contributed by atoms with E-state index >= 15 is 0 Å². The summed E-state index contributed by atoms with van der Waals surface area (Å²) in [6.45, 7) is -0.0357. The quantitative estimate of drug-likeness (QED) is 0.244. The van der Waals surface area contributed by atoms with Crippen LogP contribution in [0.4, 0.5) is 0 Å². The molecule has 1 unspecified atom stereocenters. The summed E-state index contributed by atoms with van der Waals surface area (Å²) in [5.74, 6) is -0.695. The van der Waals surface area contributed by atoms with Gasteiger partial charge in [-0.3, -0.25) is 10.0 Å². The molecule has 0 radical (unpaired) electrons. The molecule has 6 N–H and O–H groups in total. The summed E-state index contributed by atoms with van der Waals surface area (Å²) in [5.41, 5.74) is 11.2. The minimum Gasteiger partial charge on any atom is -0.451 e. The predicted molar refractivity (Wildman–Crippen MR) is 110 cm³/mol. The number of hydrogen-bond acceptors (Lipinski definition) is 5. The summed E-state index contributed by atoms with van der Waals surface area (Å²) < 4.78 is 5.45. The molecule has 0 saturated heterocycles. The molecule has 7 heteroatoms. The molecule has 7 nitrogen and oxygen atoms in total. The van der Waals surface area contributed by atoms with Crippen LogP contribution in [-0.2, 0) is 12.0 Å². The van der Waals surface area contributed by atoms with Crippen molar-refractivity contribution in [2.24, 2.45) is 5.73 Å². The lowest BCUT2D eigenvalue weighted by atomic mass is 9.82. The summed E-state index contributed by atoms with van der Waals surface area (Å²) in [6, 6.07) is 15.2. The number of nitrogens with one attached hydrogen (secondary N) is 2. The van der Waals surface area contributed by atoms with Crippen molar-refractivity contribution in [3.8, 4) is 0 Å². The summed E-state index contributed by atoms with van der Waals surface area (Å²) in [4.78, 5) is 14.9. The zero-order chi connectivity index (χ0) is 20.4. The molecule has 0 aliphatic rings. The molecule has 0 spiro atoms. The van der Waals surface area contributed by atoms with E-state index in [4.69, 9.17) is 15.4 Å². The molecule has 0 fully saturated rings. The Morgan fingerprint density at radius 2 is 2.00 bits per heavy atom. The van der Waals surface area contributed by atoms with Gasteiger partial charge in [-0.05, 0) is 54.7 Å². The first-order valence-corrected chi connectivity index (χ1v) is 9.47. The lowest BCUT2D eigenvalue weighted by Gasteiger charge is -2.29. The Balaban J connectivity index is 1.63. The van der Waals surface area contributed by atoms with Crippen molar-refractivity contribution in [2.75, 3.05) is 6.61 Å². The maximum absolute atomic E-state index is 11.6. The summed E-state index contributed by atoms with van der Waals surface area (Å²) in [7, 11) is 0. The first-order chi connectivity index (χ1) is 14.0. The predicted octanol–water partition coefficient (Wildman–Crippen LogP) is 3.20. The topological polar surface area (TPSA) is 125 Å². The maximum atomic E-state index is 11.6. The van der Waals surface area contributed by atoms with Crippen LogP contribution in [0.5, 0.6) is 0 Å². The number of aliphatic hydroxyl groups is 1. The Bertz CT molecular complexity index is 1160. The Morgan fingerprint density at radius 3 is 2.79 bits per heavy atom. The molecule has 1 amide bonds. The molecule has 2 heterocycles. The molecule has 150 valence electrons. The minimum atomic E-state index is -0.738. The number of furan rings is 1. The second-order valence-electron chi connectivity index (χ2n) is 7.29. The van der Waals surface area contributed by atoms with Gasteiger partial charge in [0, 0.05) is 34.6 Å². The molecule has 4 rings (SSSR count). The van der Waals surface area contributed by atoms with Crippen molar-refractivity contribution in [1.29, 1.82) is 0 Å². The molecule has 0 aliphatic heterocycles. The number of aromatic nitrogens is 1. The lowest BCUT2D eigenvalue weighted by molar-refractivity contribution is 0.0678. The molecule has 0 bridgehead atoms. The van der Waals surface area contributed by atoms with Gasteiger partial charge in [0.15, 0.2) is 5.76 Å². The molecular weight excluding hydrogens is 370 g/mol. The third-order valence-corrected chi connectivity index (χ3v) is 5.49. The smallest absolute Gasteiger partial charge is 0.310 e. The monoisotopic (exact) mass is 393 g/mol. The second kappa shape index (κ2) is 7.71. The maximum Gasteiger partial charge on any atom is 0.310 e. The summed E-state index contributed by atoms with van der Waals surface area (Å²) in [5, 5.41) is 20.3. The van der Waals surface area contributed by atoms with Crippen LogP contribution in [0.25, 0.3) is 21.9 Å². The number of hydroxylamine groups is 1. The van der Waals surface area contributed by atoms with E-state index in [9.17, 15) is 9.90 Å². The number of amides is 1. The SMILES string of the molecule is NC(CCO)(CCc1c[nH]c2ccccc12)c1ccc2oc(C(=O)NO)cc2c1. The van der Waals surface area contributed by atoms with E-state index in [0.717, 1.165) is 17.5 Å². The van der Waals surface area contributed by atoms with E-state index in [1.54, 1.807) is 17.6 Å². The molecule has 29 heavy (non-hydrogen) atoms. The first kappa shape index (κ1) is 19.2. The van der Waals surface area contributed by atoms with Gasteiger partial charge in [-0.25, -0.2) is 5.48 Å². The molecule has 0 aliphatic carbocycles. The second-order valence-corrected chi connectivity index (χ2v) is 7.29. The van der Waals surface area contributed by atoms with Gasteiger partial charge in [0.25, 0.3) is 0 Å². The van der Waals surface area contributed by atoms with Crippen molar-refractivity contribution in [1.82, 2.24) is 10.5 Å². The van der Waals surface area contributed by atoms with Crippen molar-refractivity contribution in [2.45, 2.75) is 24.8 Å². The van der Waals surface area contributed by atoms with Gasteiger partial charge >= 0.3 is 5.91 Å². The summed E-state index contributed by atoms with van der Waals surface area (Å²) in [6.07, 6.45) is 3.80. The number of para-hydroxylation sites is 1. The molecule has 2 aromatic carbocycles.